The molecule has 1 aromatic rings. The standard InChI is InChI=1S/C18H25NO5/c20-17(14-21-10-11-22-15-6-2-1-3-7-15)19-16-8-4-5-9-18(16)23-12-13-24-18/h1-3,6-7,16H,4-5,8-14H2,(H,19,20)/t16-/m0/s1. The quantitative estimate of drug-likeness (QED) is 0.771. The molecule has 0 aromatic heterocycles. The van der Waals surface area contributed by atoms with Crippen molar-refractivity contribution in [1.82, 2.24) is 5.32 Å². The number of para-hydroxylation sites is 1. The van der Waals surface area contributed by atoms with Crippen LogP contribution in [-0.4, -0.2) is 50.8 Å². The third kappa shape index (κ3) is 4.47. The summed E-state index contributed by atoms with van der Waals surface area (Å²) in [6, 6.07) is 9.44. The van der Waals surface area contributed by atoms with Crippen LogP contribution in [0.4, 0.5) is 0 Å². The van der Waals surface area contributed by atoms with Crippen molar-refractivity contribution in [3.05, 3.63) is 30.3 Å². The highest BCUT2D eigenvalue weighted by Crippen LogP contribution is 2.35. The van der Waals surface area contributed by atoms with Crippen LogP contribution < -0.4 is 10.1 Å². The van der Waals surface area contributed by atoms with Gasteiger partial charge in [-0.2, -0.15) is 0 Å². The van der Waals surface area contributed by atoms with Gasteiger partial charge in [-0.05, 0) is 25.0 Å². The SMILES string of the molecule is O=C(COCCOc1ccccc1)N[C@H]1CCCCC12OCCO2. The Morgan fingerprint density at radius 2 is 1.96 bits per heavy atom. The molecule has 1 atom stereocenters. The van der Waals surface area contributed by atoms with Crippen molar-refractivity contribution in [2.24, 2.45) is 0 Å². The summed E-state index contributed by atoms with van der Waals surface area (Å²) in [4.78, 5) is 12.1. The first-order valence-corrected chi connectivity index (χ1v) is 8.61. The Balaban J connectivity index is 1.35. The highest BCUT2D eigenvalue weighted by molar-refractivity contribution is 5.77. The van der Waals surface area contributed by atoms with E-state index in [0.717, 1.165) is 31.4 Å². The molecule has 0 unspecified atom stereocenters. The first kappa shape index (κ1) is 17.2. The summed E-state index contributed by atoms with van der Waals surface area (Å²) in [5, 5.41) is 3.01. The zero-order chi connectivity index (χ0) is 16.7. The second-order valence-electron chi connectivity index (χ2n) is 6.09. The smallest absolute Gasteiger partial charge is 0.246 e. The maximum atomic E-state index is 12.1. The molecule has 2 aliphatic rings. The lowest BCUT2D eigenvalue weighted by atomic mass is 9.89. The molecule has 24 heavy (non-hydrogen) atoms. The van der Waals surface area contributed by atoms with Gasteiger partial charge in [-0.1, -0.05) is 24.6 Å². The van der Waals surface area contributed by atoms with Crippen molar-refractivity contribution in [2.75, 3.05) is 33.0 Å². The largest absolute Gasteiger partial charge is 0.491 e. The fourth-order valence-corrected chi connectivity index (χ4v) is 3.25. The number of carbonyl (C=O) groups excluding carboxylic acids is 1. The third-order valence-corrected chi connectivity index (χ3v) is 4.38. The van der Waals surface area contributed by atoms with Gasteiger partial charge < -0.3 is 24.3 Å². The molecule has 1 spiro atoms. The Labute approximate surface area is 142 Å². The average Bonchev–Trinajstić information content (AvgIpc) is 3.07. The van der Waals surface area contributed by atoms with Crippen LogP contribution in [0.1, 0.15) is 25.7 Å². The number of carbonyl (C=O) groups is 1. The van der Waals surface area contributed by atoms with Gasteiger partial charge in [0.2, 0.25) is 5.91 Å². The fraction of sp³-hybridized carbons (Fsp3) is 0.611. The molecule has 0 radical (unpaired) electrons. The number of hydrogen-bond acceptors (Lipinski definition) is 5. The van der Waals surface area contributed by atoms with Gasteiger partial charge >= 0.3 is 0 Å². The van der Waals surface area contributed by atoms with E-state index in [1.165, 1.54) is 0 Å². The Hall–Kier alpha value is -1.63. The molecule has 0 bridgehead atoms. The summed E-state index contributed by atoms with van der Waals surface area (Å²) in [6.07, 6.45) is 3.86. The summed E-state index contributed by atoms with van der Waals surface area (Å²) in [5.74, 6) is 0.0370. The van der Waals surface area contributed by atoms with Gasteiger partial charge in [-0.3, -0.25) is 4.79 Å². The number of amides is 1. The van der Waals surface area contributed by atoms with Crippen LogP contribution >= 0.6 is 0 Å². The van der Waals surface area contributed by atoms with Crippen molar-refractivity contribution in [2.45, 2.75) is 37.5 Å². The van der Waals surface area contributed by atoms with Crippen molar-refractivity contribution in [3.8, 4) is 5.75 Å². The first-order valence-electron chi connectivity index (χ1n) is 8.61. The predicted molar refractivity (Wildman–Crippen MR) is 87.8 cm³/mol. The lowest BCUT2D eigenvalue weighted by molar-refractivity contribution is -0.196. The van der Waals surface area contributed by atoms with Crippen LogP contribution in [-0.2, 0) is 19.0 Å². The molecule has 1 aliphatic carbocycles. The van der Waals surface area contributed by atoms with Crippen LogP contribution in [0.15, 0.2) is 30.3 Å². The van der Waals surface area contributed by atoms with Gasteiger partial charge in [0.25, 0.3) is 0 Å². The van der Waals surface area contributed by atoms with Gasteiger partial charge in [-0.25, -0.2) is 0 Å². The van der Waals surface area contributed by atoms with Crippen LogP contribution in [0.5, 0.6) is 5.75 Å². The first-order chi connectivity index (χ1) is 11.8. The number of ether oxygens (including phenoxy) is 4. The van der Waals surface area contributed by atoms with Crippen LogP contribution in [0.2, 0.25) is 0 Å². The number of hydrogen-bond donors (Lipinski definition) is 1. The monoisotopic (exact) mass is 335 g/mol. The molecule has 6 heteroatoms. The molecule has 132 valence electrons. The molecule has 1 aliphatic heterocycles. The Morgan fingerprint density at radius 1 is 1.17 bits per heavy atom. The summed E-state index contributed by atoms with van der Waals surface area (Å²) < 4.78 is 22.5. The molecule has 1 saturated heterocycles. The minimum atomic E-state index is -0.621. The van der Waals surface area contributed by atoms with Crippen LogP contribution in [0, 0.1) is 0 Å². The lowest BCUT2D eigenvalue weighted by Gasteiger charge is -2.39. The van der Waals surface area contributed by atoms with E-state index < -0.39 is 5.79 Å². The van der Waals surface area contributed by atoms with Crippen LogP contribution in [0.3, 0.4) is 0 Å². The van der Waals surface area contributed by atoms with E-state index in [1.807, 2.05) is 30.3 Å². The van der Waals surface area contributed by atoms with Crippen molar-refractivity contribution in [1.29, 1.82) is 0 Å². The lowest BCUT2D eigenvalue weighted by Crippen LogP contribution is -2.55. The molecular weight excluding hydrogens is 310 g/mol. The molecule has 3 rings (SSSR count). The Kier molecular flexibility index (Phi) is 6.07. The van der Waals surface area contributed by atoms with Crippen molar-refractivity contribution in [3.63, 3.8) is 0 Å². The maximum absolute atomic E-state index is 12.1. The average molecular weight is 335 g/mol. The van der Waals surface area contributed by atoms with Gasteiger partial charge in [0.05, 0.1) is 25.9 Å². The Bertz CT molecular complexity index is 515. The Morgan fingerprint density at radius 3 is 2.75 bits per heavy atom. The van der Waals surface area contributed by atoms with E-state index in [-0.39, 0.29) is 18.6 Å². The topological polar surface area (TPSA) is 66.0 Å². The summed E-state index contributed by atoms with van der Waals surface area (Å²) in [5.41, 5.74) is 0. The van der Waals surface area contributed by atoms with Gasteiger partial charge in [0, 0.05) is 6.42 Å². The highest BCUT2D eigenvalue weighted by Gasteiger charge is 2.46. The van der Waals surface area contributed by atoms with E-state index in [0.29, 0.717) is 26.4 Å². The number of benzene rings is 1. The minimum Gasteiger partial charge on any atom is -0.491 e. The van der Waals surface area contributed by atoms with E-state index in [1.54, 1.807) is 0 Å². The zero-order valence-electron chi connectivity index (χ0n) is 13.9. The van der Waals surface area contributed by atoms with Gasteiger partial charge in [-0.15, -0.1) is 0 Å². The molecule has 1 amide bonds. The second kappa shape index (κ2) is 8.46. The van der Waals surface area contributed by atoms with Crippen LogP contribution in [0.25, 0.3) is 0 Å². The minimum absolute atomic E-state index is 0.0186. The van der Waals surface area contributed by atoms with E-state index >= 15 is 0 Å². The number of rotatable bonds is 7. The van der Waals surface area contributed by atoms with E-state index in [9.17, 15) is 4.79 Å². The molecule has 1 heterocycles. The molecule has 2 fully saturated rings. The van der Waals surface area contributed by atoms with E-state index in [2.05, 4.69) is 5.32 Å². The van der Waals surface area contributed by atoms with Gasteiger partial charge in [0.1, 0.15) is 19.0 Å². The summed E-state index contributed by atoms with van der Waals surface area (Å²) in [7, 11) is 0. The second-order valence-corrected chi connectivity index (χ2v) is 6.09. The highest BCUT2D eigenvalue weighted by atomic mass is 16.7. The molecular formula is C18H25NO5. The summed E-state index contributed by atoms with van der Waals surface area (Å²) >= 11 is 0. The zero-order valence-corrected chi connectivity index (χ0v) is 13.9. The van der Waals surface area contributed by atoms with Gasteiger partial charge in [0.15, 0.2) is 5.79 Å². The summed E-state index contributed by atoms with van der Waals surface area (Å²) in [6.45, 7) is 1.99. The molecule has 1 aromatic carbocycles. The predicted octanol–water partition coefficient (Wildman–Crippen LogP) is 1.88. The molecule has 1 saturated carbocycles. The fourth-order valence-electron chi connectivity index (χ4n) is 3.25. The molecule has 6 nitrogen and oxygen atoms in total. The van der Waals surface area contributed by atoms with Crippen molar-refractivity contribution < 1.29 is 23.7 Å². The third-order valence-electron chi connectivity index (χ3n) is 4.38. The number of nitrogens with one attached hydrogen (secondary N) is 1. The van der Waals surface area contributed by atoms with Crippen molar-refractivity contribution >= 4 is 5.91 Å². The molecule has 1 N–H and O–H groups in total. The maximum Gasteiger partial charge on any atom is 0.246 e. The van der Waals surface area contributed by atoms with E-state index in [4.69, 9.17) is 18.9 Å². The normalized spacial score (nSPS) is 22.4.